The van der Waals surface area contributed by atoms with E-state index in [2.05, 4.69) is 6.92 Å². The van der Waals surface area contributed by atoms with Crippen LogP contribution in [-0.4, -0.2) is 43.1 Å². The molecule has 0 unspecified atom stereocenters. The Hall–Kier alpha value is -2.70. The van der Waals surface area contributed by atoms with Crippen LogP contribution < -0.4 is 0 Å². The Morgan fingerprint density at radius 2 is 1.63 bits per heavy atom. The van der Waals surface area contributed by atoms with Crippen molar-refractivity contribution in [2.45, 2.75) is 89.1 Å². The van der Waals surface area contributed by atoms with Crippen molar-refractivity contribution in [2.24, 2.45) is 11.8 Å². The number of esters is 2. The summed E-state index contributed by atoms with van der Waals surface area (Å²) < 4.78 is 24.0. The van der Waals surface area contributed by atoms with Gasteiger partial charge in [-0.15, -0.1) is 0 Å². The molecule has 204 valence electrons. The lowest BCUT2D eigenvalue weighted by molar-refractivity contribution is -0.171. The Morgan fingerprint density at radius 3 is 2.37 bits per heavy atom. The van der Waals surface area contributed by atoms with E-state index in [-0.39, 0.29) is 36.0 Å². The SMILES string of the molecule is CCCCCCCC1(CC[C@@H]2[C@@H]3CC(=O)O[C@H]3C[C@@H]2OC(=O)c2ccc(-c3ccccc3)cc2)OCCO1. The van der Waals surface area contributed by atoms with Crippen LogP contribution >= 0.6 is 0 Å². The summed E-state index contributed by atoms with van der Waals surface area (Å²) >= 11 is 0. The number of hydrogen-bond acceptors (Lipinski definition) is 6. The number of carbonyl (C=O) groups excluding carboxylic acids is 2. The van der Waals surface area contributed by atoms with Crippen molar-refractivity contribution in [1.29, 1.82) is 0 Å². The predicted molar refractivity (Wildman–Crippen MR) is 144 cm³/mol. The minimum absolute atomic E-state index is 0.0451. The highest BCUT2D eigenvalue weighted by molar-refractivity contribution is 5.90. The van der Waals surface area contributed by atoms with E-state index >= 15 is 0 Å². The highest BCUT2D eigenvalue weighted by Crippen LogP contribution is 2.46. The average molecular weight is 521 g/mol. The first-order valence-electron chi connectivity index (χ1n) is 14.4. The van der Waals surface area contributed by atoms with Gasteiger partial charge in [-0.1, -0.05) is 75.1 Å². The lowest BCUT2D eigenvalue weighted by Crippen LogP contribution is -2.33. The fraction of sp³-hybridized carbons (Fsp3) is 0.562. The minimum atomic E-state index is -0.560. The topological polar surface area (TPSA) is 71.1 Å². The van der Waals surface area contributed by atoms with Crippen LogP contribution in [0.4, 0.5) is 0 Å². The quantitative estimate of drug-likeness (QED) is 0.229. The van der Waals surface area contributed by atoms with E-state index in [4.69, 9.17) is 18.9 Å². The number of rotatable bonds is 12. The summed E-state index contributed by atoms with van der Waals surface area (Å²) in [6.07, 6.45) is 8.85. The third-order valence-electron chi connectivity index (χ3n) is 8.47. The van der Waals surface area contributed by atoms with Crippen molar-refractivity contribution in [3.8, 4) is 11.1 Å². The molecule has 0 N–H and O–H groups in total. The number of carbonyl (C=O) groups is 2. The first-order chi connectivity index (χ1) is 18.6. The maximum absolute atomic E-state index is 13.1. The zero-order chi connectivity index (χ0) is 26.4. The molecular weight excluding hydrogens is 480 g/mol. The summed E-state index contributed by atoms with van der Waals surface area (Å²) in [6, 6.07) is 17.6. The Balaban J connectivity index is 1.22. The van der Waals surface area contributed by atoms with Crippen LogP contribution in [0, 0.1) is 11.8 Å². The molecule has 2 aliphatic heterocycles. The molecule has 0 bridgehead atoms. The molecular formula is C32H40O6. The molecule has 6 nitrogen and oxygen atoms in total. The van der Waals surface area contributed by atoms with Crippen LogP contribution in [0.25, 0.3) is 11.1 Å². The molecule has 2 heterocycles. The molecule has 0 aromatic heterocycles. The van der Waals surface area contributed by atoms with Crippen LogP contribution in [0.15, 0.2) is 54.6 Å². The van der Waals surface area contributed by atoms with Crippen LogP contribution in [0.1, 0.15) is 81.5 Å². The molecule has 38 heavy (non-hydrogen) atoms. The normalized spacial score (nSPS) is 25.8. The van der Waals surface area contributed by atoms with Gasteiger partial charge in [-0.2, -0.15) is 0 Å². The second-order valence-corrected chi connectivity index (χ2v) is 11.0. The molecule has 3 fully saturated rings. The molecule has 1 saturated carbocycles. The molecule has 2 aromatic rings. The van der Waals surface area contributed by atoms with E-state index in [0.29, 0.717) is 31.6 Å². The largest absolute Gasteiger partial charge is 0.462 e. The molecule has 0 amide bonds. The first kappa shape index (κ1) is 26.9. The minimum Gasteiger partial charge on any atom is -0.462 e. The van der Waals surface area contributed by atoms with Crippen molar-refractivity contribution in [2.75, 3.05) is 13.2 Å². The number of benzene rings is 2. The number of ether oxygens (including phenoxy) is 4. The van der Waals surface area contributed by atoms with E-state index in [1.54, 1.807) is 0 Å². The fourth-order valence-electron chi connectivity index (χ4n) is 6.42. The molecule has 0 spiro atoms. The van der Waals surface area contributed by atoms with E-state index < -0.39 is 5.79 Å². The molecule has 2 saturated heterocycles. The fourth-order valence-corrected chi connectivity index (χ4v) is 6.42. The maximum Gasteiger partial charge on any atom is 0.338 e. The maximum atomic E-state index is 13.1. The van der Waals surface area contributed by atoms with Crippen molar-refractivity contribution in [3.05, 3.63) is 60.2 Å². The molecule has 5 rings (SSSR count). The molecule has 1 aliphatic carbocycles. The van der Waals surface area contributed by atoms with Crippen molar-refractivity contribution in [3.63, 3.8) is 0 Å². The average Bonchev–Trinajstić information content (AvgIpc) is 3.63. The lowest BCUT2D eigenvalue weighted by Gasteiger charge is -2.31. The molecule has 4 atom stereocenters. The van der Waals surface area contributed by atoms with Crippen LogP contribution in [-0.2, 0) is 23.7 Å². The molecule has 2 aromatic carbocycles. The van der Waals surface area contributed by atoms with Gasteiger partial charge in [-0.25, -0.2) is 4.79 Å². The third-order valence-corrected chi connectivity index (χ3v) is 8.47. The predicted octanol–water partition coefficient (Wildman–Crippen LogP) is 6.71. The van der Waals surface area contributed by atoms with E-state index in [1.807, 2.05) is 54.6 Å². The number of unbranched alkanes of at least 4 members (excludes halogenated alkanes) is 4. The van der Waals surface area contributed by atoms with Gasteiger partial charge >= 0.3 is 11.9 Å². The highest BCUT2D eigenvalue weighted by atomic mass is 16.7. The second kappa shape index (κ2) is 12.4. The van der Waals surface area contributed by atoms with E-state index in [1.165, 1.54) is 25.7 Å². The van der Waals surface area contributed by atoms with Gasteiger partial charge in [-0.05, 0) is 36.1 Å². The van der Waals surface area contributed by atoms with Crippen LogP contribution in [0.3, 0.4) is 0 Å². The van der Waals surface area contributed by atoms with Crippen molar-refractivity contribution in [1.82, 2.24) is 0 Å². The smallest absolute Gasteiger partial charge is 0.338 e. The van der Waals surface area contributed by atoms with Crippen molar-refractivity contribution < 1.29 is 28.5 Å². The molecule has 0 radical (unpaired) electrons. The van der Waals surface area contributed by atoms with Gasteiger partial charge in [0.05, 0.1) is 25.2 Å². The van der Waals surface area contributed by atoms with Gasteiger partial charge in [-0.3, -0.25) is 4.79 Å². The van der Waals surface area contributed by atoms with Gasteiger partial charge in [0.25, 0.3) is 0 Å². The monoisotopic (exact) mass is 520 g/mol. The summed E-state index contributed by atoms with van der Waals surface area (Å²) in [5.41, 5.74) is 2.69. The van der Waals surface area contributed by atoms with Crippen LogP contribution in [0.2, 0.25) is 0 Å². The zero-order valence-electron chi connectivity index (χ0n) is 22.4. The van der Waals surface area contributed by atoms with Gasteiger partial charge in [0.15, 0.2) is 5.79 Å². The summed E-state index contributed by atoms with van der Waals surface area (Å²) in [6.45, 7) is 3.45. The summed E-state index contributed by atoms with van der Waals surface area (Å²) in [5.74, 6) is -0.919. The highest BCUT2D eigenvalue weighted by Gasteiger charge is 2.52. The Kier molecular flexibility index (Phi) is 8.80. The van der Waals surface area contributed by atoms with Gasteiger partial charge in [0, 0.05) is 31.1 Å². The summed E-state index contributed by atoms with van der Waals surface area (Å²) in [5, 5.41) is 0. The van der Waals surface area contributed by atoms with Crippen LogP contribution in [0.5, 0.6) is 0 Å². The zero-order valence-corrected chi connectivity index (χ0v) is 22.4. The van der Waals surface area contributed by atoms with Gasteiger partial charge < -0.3 is 18.9 Å². The van der Waals surface area contributed by atoms with E-state index in [0.717, 1.165) is 36.8 Å². The van der Waals surface area contributed by atoms with Gasteiger partial charge in [0.1, 0.15) is 12.2 Å². The Morgan fingerprint density at radius 1 is 0.921 bits per heavy atom. The Labute approximate surface area is 226 Å². The summed E-state index contributed by atoms with van der Waals surface area (Å²) in [4.78, 5) is 25.2. The first-order valence-corrected chi connectivity index (χ1v) is 14.4. The Bertz CT molecular complexity index is 1060. The second-order valence-electron chi connectivity index (χ2n) is 11.0. The third kappa shape index (κ3) is 6.29. The lowest BCUT2D eigenvalue weighted by atomic mass is 9.86. The molecule has 6 heteroatoms. The van der Waals surface area contributed by atoms with Gasteiger partial charge in [0.2, 0.25) is 0 Å². The van der Waals surface area contributed by atoms with Crippen molar-refractivity contribution >= 4 is 11.9 Å². The molecule has 3 aliphatic rings. The van der Waals surface area contributed by atoms with E-state index in [9.17, 15) is 9.59 Å². The standard InChI is InChI=1S/C32H40O6/c1-2-3-4-5-9-17-32(35-19-20-36-32)18-16-26-27-21-30(33)37-29(27)22-28(26)38-31(34)25-14-12-24(13-15-25)23-10-7-6-8-11-23/h6-8,10-15,26-29H,2-5,9,16-22H2,1H3/t26-,27+,28+,29+/m1/s1. The summed E-state index contributed by atoms with van der Waals surface area (Å²) in [7, 11) is 0. The number of fused-ring (bicyclic) bond motifs is 1. The number of hydrogen-bond donors (Lipinski definition) is 0.